The van der Waals surface area contributed by atoms with Crippen LogP contribution in [0.3, 0.4) is 0 Å². The summed E-state index contributed by atoms with van der Waals surface area (Å²) in [4.78, 5) is 23.4. The van der Waals surface area contributed by atoms with Crippen molar-refractivity contribution < 1.29 is 9.47 Å². The zero-order valence-electron chi connectivity index (χ0n) is 13.4. The molecule has 1 aliphatic heterocycles. The minimum absolute atomic E-state index is 0.0288. The molecular weight excluding hydrogens is 298 g/mol. The molecule has 1 atom stereocenters. The molecule has 2 aromatic heterocycles. The van der Waals surface area contributed by atoms with Gasteiger partial charge in [0, 0.05) is 6.61 Å². The van der Waals surface area contributed by atoms with E-state index in [2.05, 4.69) is 21.9 Å². The number of aromatic nitrogens is 4. The van der Waals surface area contributed by atoms with E-state index in [-0.39, 0.29) is 23.6 Å². The third-order valence-corrected chi connectivity index (χ3v) is 4.02. The third-order valence-electron chi connectivity index (χ3n) is 4.02. The first kappa shape index (κ1) is 15.8. The fraction of sp³-hybridized carbons (Fsp3) is 0.667. The monoisotopic (exact) mass is 321 g/mol. The Bertz CT molecular complexity index is 718. The maximum absolute atomic E-state index is 12.2. The number of hydrogen-bond donors (Lipinski definition) is 2. The number of aromatic amines is 1. The summed E-state index contributed by atoms with van der Waals surface area (Å²) in [7, 11) is 0. The van der Waals surface area contributed by atoms with E-state index in [1.54, 1.807) is 4.57 Å². The molecule has 8 nitrogen and oxygen atoms in total. The number of nitrogens with zero attached hydrogens (tertiary/aromatic N) is 3. The number of nitrogen functional groups attached to an aromatic ring is 1. The van der Waals surface area contributed by atoms with Crippen LogP contribution < -0.4 is 16.2 Å². The van der Waals surface area contributed by atoms with Crippen LogP contribution in [0.1, 0.15) is 39.0 Å². The van der Waals surface area contributed by atoms with Gasteiger partial charge in [-0.3, -0.25) is 4.57 Å². The van der Waals surface area contributed by atoms with Crippen LogP contribution in [0.4, 0.5) is 5.82 Å². The van der Waals surface area contributed by atoms with Crippen LogP contribution >= 0.6 is 0 Å². The average Bonchev–Trinajstić information content (AvgIpc) is 2.86. The van der Waals surface area contributed by atoms with Gasteiger partial charge in [-0.05, 0) is 25.7 Å². The van der Waals surface area contributed by atoms with Crippen LogP contribution in [0.25, 0.3) is 11.2 Å². The lowest BCUT2D eigenvalue weighted by molar-refractivity contribution is 0.00603. The highest BCUT2D eigenvalue weighted by Gasteiger charge is 2.20. The Kier molecular flexibility index (Phi) is 4.80. The van der Waals surface area contributed by atoms with Crippen molar-refractivity contribution in [3.05, 3.63) is 10.5 Å². The first-order valence-corrected chi connectivity index (χ1v) is 8.19. The van der Waals surface area contributed by atoms with Crippen molar-refractivity contribution in [2.24, 2.45) is 0 Å². The van der Waals surface area contributed by atoms with E-state index in [0.717, 1.165) is 38.7 Å². The largest absolute Gasteiger partial charge is 0.463 e. The Hall–Kier alpha value is -2.09. The maximum atomic E-state index is 12.2. The van der Waals surface area contributed by atoms with E-state index >= 15 is 0 Å². The van der Waals surface area contributed by atoms with Crippen LogP contribution in [0, 0.1) is 0 Å². The highest BCUT2D eigenvalue weighted by atomic mass is 16.5. The van der Waals surface area contributed by atoms with Gasteiger partial charge in [-0.15, -0.1) is 0 Å². The third kappa shape index (κ3) is 3.47. The van der Waals surface area contributed by atoms with Gasteiger partial charge in [0.1, 0.15) is 5.52 Å². The first-order chi connectivity index (χ1) is 11.2. The summed E-state index contributed by atoms with van der Waals surface area (Å²) in [5.41, 5.74) is 6.61. The first-order valence-electron chi connectivity index (χ1n) is 8.19. The molecule has 3 N–H and O–H groups in total. The molecule has 126 valence electrons. The fourth-order valence-corrected chi connectivity index (χ4v) is 2.73. The molecule has 23 heavy (non-hydrogen) atoms. The lowest BCUT2D eigenvalue weighted by Gasteiger charge is -2.22. The van der Waals surface area contributed by atoms with Crippen molar-refractivity contribution in [1.82, 2.24) is 19.5 Å². The van der Waals surface area contributed by atoms with Gasteiger partial charge in [0.25, 0.3) is 0 Å². The predicted molar refractivity (Wildman–Crippen MR) is 86.6 cm³/mol. The van der Waals surface area contributed by atoms with Gasteiger partial charge in [0.05, 0.1) is 19.3 Å². The van der Waals surface area contributed by atoms with Gasteiger partial charge in [0.15, 0.2) is 11.5 Å². The molecule has 3 rings (SSSR count). The van der Waals surface area contributed by atoms with Crippen LogP contribution in [0.15, 0.2) is 4.79 Å². The zero-order chi connectivity index (χ0) is 16.2. The SMILES string of the molecule is CCCCOc1nc(N)c2[nH]c(=O)n(CC3CCCCO3)c2n1. The standard InChI is InChI=1S/C15H23N5O3/c1-2-3-7-23-14-18-12(16)11-13(19-14)20(15(21)17-11)9-10-6-4-5-8-22-10/h10H,2-9H2,1H3,(H,17,21)(H2,16,18,19). The molecule has 0 bridgehead atoms. The van der Waals surface area contributed by atoms with E-state index in [4.69, 9.17) is 15.2 Å². The molecule has 1 saturated heterocycles. The number of imidazole rings is 1. The maximum Gasteiger partial charge on any atom is 0.327 e. The molecule has 1 fully saturated rings. The number of anilines is 1. The second-order valence-corrected chi connectivity index (χ2v) is 5.82. The summed E-state index contributed by atoms with van der Waals surface area (Å²) in [5, 5.41) is 0. The van der Waals surface area contributed by atoms with Crippen molar-refractivity contribution in [3.8, 4) is 6.01 Å². The van der Waals surface area contributed by atoms with Crippen molar-refractivity contribution in [1.29, 1.82) is 0 Å². The van der Waals surface area contributed by atoms with Crippen molar-refractivity contribution in [3.63, 3.8) is 0 Å². The summed E-state index contributed by atoms with van der Waals surface area (Å²) in [6.07, 6.45) is 5.09. The molecule has 0 radical (unpaired) electrons. The van der Waals surface area contributed by atoms with Crippen LogP contribution in [0.5, 0.6) is 6.01 Å². The molecule has 1 aliphatic rings. The normalized spacial score (nSPS) is 18.4. The summed E-state index contributed by atoms with van der Waals surface area (Å²) in [6, 6.07) is 0.209. The van der Waals surface area contributed by atoms with Gasteiger partial charge in [0.2, 0.25) is 0 Å². The Morgan fingerprint density at radius 3 is 3.04 bits per heavy atom. The van der Waals surface area contributed by atoms with Gasteiger partial charge in [-0.25, -0.2) is 4.79 Å². The quantitative estimate of drug-likeness (QED) is 0.780. The van der Waals surface area contributed by atoms with E-state index in [1.807, 2.05) is 0 Å². The second-order valence-electron chi connectivity index (χ2n) is 5.82. The highest BCUT2D eigenvalue weighted by Crippen LogP contribution is 2.20. The number of ether oxygens (including phenoxy) is 2. The number of fused-ring (bicyclic) bond motifs is 1. The molecule has 0 spiro atoms. The van der Waals surface area contributed by atoms with E-state index < -0.39 is 0 Å². The minimum Gasteiger partial charge on any atom is -0.463 e. The molecule has 0 saturated carbocycles. The predicted octanol–water partition coefficient (Wildman–Crippen LogP) is 1.45. The van der Waals surface area contributed by atoms with Gasteiger partial charge in [-0.1, -0.05) is 13.3 Å². The number of H-pyrrole nitrogens is 1. The lowest BCUT2D eigenvalue weighted by Crippen LogP contribution is -2.29. The fourth-order valence-electron chi connectivity index (χ4n) is 2.73. The Morgan fingerprint density at radius 2 is 2.30 bits per heavy atom. The average molecular weight is 321 g/mol. The van der Waals surface area contributed by atoms with Crippen molar-refractivity contribution >= 4 is 17.0 Å². The van der Waals surface area contributed by atoms with Gasteiger partial charge >= 0.3 is 11.7 Å². The molecule has 8 heteroatoms. The summed E-state index contributed by atoms with van der Waals surface area (Å²) < 4.78 is 12.8. The molecule has 0 aromatic carbocycles. The number of hydrogen-bond acceptors (Lipinski definition) is 6. The number of rotatable bonds is 6. The Balaban J connectivity index is 1.89. The summed E-state index contributed by atoms with van der Waals surface area (Å²) in [5.74, 6) is 0.224. The van der Waals surface area contributed by atoms with Crippen LogP contribution in [0.2, 0.25) is 0 Å². The molecule has 3 heterocycles. The zero-order valence-corrected chi connectivity index (χ0v) is 13.4. The summed E-state index contributed by atoms with van der Waals surface area (Å²) in [6.45, 7) is 3.81. The number of nitrogens with two attached hydrogens (primary N) is 1. The Morgan fingerprint density at radius 1 is 1.43 bits per heavy atom. The molecule has 0 amide bonds. The van der Waals surface area contributed by atoms with Crippen LogP contribution in [-0.2, 0) is 11.3 Å². The van der Waals surface area contributed by atoms with Crippen LogP contribution in [-0.4, -0.2) is 38.8 Å². The molecule has 1 unspecified atom stereocenters. The smallest absolute Gasteiger partial charge is 0.327 e. The topological polar surface area (TPSA) is 108 Å². The number of unbranched alkanes of at least 4 members (excludes halogenated alkanes) is 1. The Labute approximate surface area is 134 Å². The van der Waals surface area contributed by atoms with Gasteiger partial charge < -0.3 is 20.2 Å². The second kappa shape index (κ2) is 6.99. The molecule has 2 aromatic rings. The van der Waals surface area contributed by atoms with E-state index in [9.17, 15) is 4.79 Å². The molecule has 0 aliphatic carbocycles. The van der Waals surface area contributed by atoms with Gasteiger partial charge in [-0.2, -0.15) is 9.97 Å². The van der Waals surface area contributed by atoms with E-state index in [0.29, 0.717) is 24.3 Å². The van der Waals surface area contributed by atoms with E-state index in [1.165, 1.54) is 0 Å². The van der Waals surface area contributed by atoms with Crippen molar-refractivity contribution in [2.75, 3.05) is 18.9 Å². The number of nitrogens with one attached hydrogen (secondary N) is 1. The minimum atomic E-state index is -0.249. The lowest BCUT2D eigenvalue weighted by atomic mass is 10.1. The van der Waals surface area contributed by atoms with Crippen molar-refractivity contribution in [2.45, 2.75) is 51.7 Å². The molecular formula is C15H23N5O3. The highest BCUT2D eigenvalue weighted by molar-refractivity contribution is 5.81. The summed E-state index contributed by atoms with van der Waals surface area (Å²) >= 11 is 0.